The second kappa shape index (κ2) is 3.21. The molecule has 0 radical (unpaired) electrons. The van der Waals surface area contributed by atoms with Crippen molar-refractivity contribution < 1.29 is 0 Å². The molecular weight excluding hydrogens is 110 g/mol. The topological polar surface area (TPSA) is 12.0 Å². The molecule has 54 valence electrons. The van der Waals surface area contributed by atoms with Gasteiger partial charge in [0, 0.05) is 6.04 Å². The van der Waals surface area contributed by atoms with Gasteiger partial charge in [-0.05, 0) is 32.2 Å². The van der Waals surface area contributed by atoms with Gasteiger partial charge in [0.15, 0.2) is 0 Å². The Bertz CT molecular complexity index is 70.6. The van der Waals surface area contributed by atoms with E-state index in [0.717, 1.165) is 12.0 Å². The molecule has 0 amide bonds. The van der Waals surface area contributed by atoms with Gasteiger partial charge in [-0.2, -0.15) is 0 Å². The molecule has 1 nitrogen and oxygen atoms in total. The molecule has 9 heavy (non-hydrogen) atoms. The first-order valence-corrected chi connectivity index (χ1v) is 4.04. The van der Waals surface area contributed by atoms with E-state index in [0.29, 0.717) is 0 Å². The molecule has 0 aliphatic heterocycles. The molecule has 0 aromatic rings. The van der Waals surface area contributed by atoms with E-state index in [1.807, 2.05) is 0 Å². The molecular formula is C8H17N. The molecule has 0 aromatic heterocycles. The van der Waals surface area contributed by atoms with Crippen LogP contribution in [0.3, 0.4) is 0 Å². The summed E-state index contributed by atoms with van der Waals surface area (Å²) in [4.78, 5) is 0. The summed E-state index contributed by atoms with van der Waals surface area (Å²) >= 11 is 0. The summed E-state index contributed by atoms with van der Waals surface area (Å²) in [6.07, 6.45) is 5.63. The van der Waals surface area contributed by atoms with Crippen LogP contribution in [0, 0.1) is 5.92 Å². The quantitative estimate of drug-likeness (QED) is 0.596. The SMILES string of the molecule is CC[C@@H]1CC[C@H](NC)C1. The largest absolute Gasteiger partial charge is 0.317 e. The fourth-order valence-electron chi connectivity index (χ4n) is 1.71. The van der Waals surface area contributed by atoms with Crippen molar-refractivity contribution in [1.29, 1.82) is 0 Å². The second-order valence-corrected chi connectivity index (χ2v) is 3.07. The van der Waals surface area contributed by atoms with E-state index in [-0.39, 0.29) is 0 Å². The fraction of sp³-hybridized carbons (Fsp3) is 1.00. The molecule has 1 fully saturated rings. The van der Waals surface area contributed by atoms with Crippen LogP contribution >= 0.6 is 0 Å². The molecule has 0 aromatic carbocycles. The minimum Gasteiger partial charge on any atom is -0.317 e. The van der Waals surface area contributed by atoms with Gasteiger partial charge in [-0.25, -0.2) is 0 Å². The molecule has 1 aliphatic rings. The summed E-state index contributed by atoms with van der Waals surface area (Å²) in [5, 5.41) is 3.33. The van der Waals surface area contributed by atoms with Crippen molar-refractivity contribution in [2.45, 2.75) is 38.6 Å². The zero-order chi connectivity index (χ0) is 6.69. The van der Waals surface area contributed by atoms with E-state index in [2.05, 4.69) is 19.3 Å². The molecule has 0 spiro atoms. The molecule has 0 heterocycles. The lowest BCUT2D eigenvalue weighted by Gasteiger charge is -2.06. The highest BCUT2D eigenvalue weighted by atomic mass is 14.9. The Morgan fingerprint density at radius 2 is 2.22 bits per heavy atom. The molecule has 2 atom stereocenters. The number of hydrogen-bond acceptors (Lipinski definition) is 1. The summed E-state index contributed by atoms with van der Waals surface area (Å²) in [6.45, 7) is 2.29. The lowest BCUT2D eigenvalue weighted by atomic mass is 10.1. The first-order valence-electron chi connectivity index (χ1n) is 4.04. The van der Waals surface area contributed by atoms with E-state index < -0.39 is 0 Å². The minimum atomic E-state index is 0.829. The molecule has 1 saturated carbocycles. The summed E-state index contributed by atoms with van der Waals surface area (Å²) in [7, 11) is 2.07. The standard InChI is InChI=1S/C8H17N/c1-3-7-4-5-8(6-7)9-2/h7-9H,3-6H2,1-2H3/t7-,8+/m1/s1. The Kier molecular flexibility index (Phi) is 2.52. The summed E-state index contributed by atoms with van der Waals surface area (Å²) in [5.74, 6) is 1.02. The van der Waals surface area contributed by atoms with Crippen LogP contribution in [0.4, 0.5) is 0 Å². The monoisotopic (exact) mass is 127 g/mol. The number of hydrogen-bond donors (Lipinski definition) is 1. The van der Waals surface area contributed by atoms with Crippen LogP contribution < -0.4 is 5.32 Å². The van der Waals surface area contributed by atoms with Gasteiger partial charge in [0.25, 0.3) is 0 Å². The zero-order valence-electron chi connectivity index (χ0n) is 6.48. The van der Waals surface area contributed by atoms with Crippen molar-refractivity contribution in [1.82, 2.24) is 5.32 Å². The van der Waals surface area contributed by atoms with Gasteiger partial charge in [0.2, 0.25) is 0 Å². The predicted octanol–water partition coefficient (Wildman–Crippen LogP) is 1.78. The van der Waals surface area contributed by atoms with E-state index in [4.69, 9.17) is 0 Å². The zero-order valence-corrected chi connectivity index (χ0v) is 6.48. The molecule has 1 N–H and O–H groups in total. The van der Waals surface area contributed by atoms with Crippen molar-refractivity contribution in [2.75, 3.05) is 7.05 Å². The van der Waals surface area contributed by atoms with Gasteiger partial charge in [-0.3, -0.25) is 0 Å². The highest BCUT2D eigenvalue weighted by molar-refractivity contribution is 4.78. The summed E-state index contributed by atoms with van der Waals surface area (Å²) < 4.78 is 0. The van der Waals surface area contributed by atoms with Gasteiger partial charge in [-0.15, -0.1) is 0 Å². The third-order valence-electron chi connectivity index (χ3n) is 2.53. The number of rotatable bonds is 2. The third-order valence-corrected chi connectivity index (χ3v) is 2.53. The van der Waals surface area contributed by atoms with E-state index >= 15 is 0 Å². The van der Waals surface area contributed by atoms with Crippen LogP contribution in [-0.2, 0) is 0 Å². The molecule has 1 heteroatoms. The smallest absolute Gasteiger partial charge is 0.00668 e. The fourth-order valence-corrected chi connectivity index (χ4v) is 1.71. The summed E-state index contributed by atoms with van der Waals surface area (Å²) in [6, 6.07) is 0.829. The Morgan fingerprint density at radius 3 is 2.56 bits per heavy atom. The molecule has 0 saturated heterocycles. The molecule has 1 aliphatic carbocycles. The average molecular weight is 127 g/mol. The highest BCUT2D eigenvalue weighted by Gasteiger charge is 2.20. The van der Waals surface area contributed by atoms with Crippen LogP contribution in [0.5, 0.6) is 0 Å². The van der Waals surface area contributed by atoms with E-state index in [1.54, 1.807) is 0 Å². The Morgan fingerprint density at radius 1 is 1.44 bits per heavy atom. The van der Waals surface area contributed by atoms with Crippen LogP contribution in [0.15, 0.2) is 0 Å². The lowest BCUT2D eigenvalue weighted by molar-refractivity contribution is 0.499. The second-order valence-electron chi connectivity index (χ2n) is 3.07. The van der Waals surface area contributed by atoms with Crippen LogP contribution in [0.2, 0.25) is 0 Å². The lowest BCUT2D eigenvalue weighted by Crippen LogP contribution is -2.21. The van der Waals surface area contributed by atoms with Gasteiger partial charge in [-0.1, -0.05) is 13.3 Å². The van der Waals surface area contributed by atoms with Crippen LogP contribution in [-0.4, -0.2) is 13.1 Å². The Labute approximate surface area is 57.8 Å². The van der Waals surface area contributed by atoms with Gasteiger partial charge in [0.1, 0.15) is 0 Å². The maximum absolute atomic E-state index is 3.33. The van der Waals surface area contributed by atoms with E-state index in [1.165, 1.54) is 25.7 Å². The molecule has 0 unspecified atom stereocenters. The predicted molar refractivity (Wildman–Crippen MR) is 40.5 cm³/mol. The normalized spacial score (nSPS) is 35.3. The first kappa shape index (κ1) is 7.07. The Hall–Kier alpha value is -0.0400. The van der Waals surface area contributed by atoms with Crippen molar-refractivity contribution in [3.05, 3.63) is 0 Å². The van der Waals surface area contributed by atoms with Crippen molar-refractivity contribution in [2.24, 2.45) is 5.92 Å². The van der Waals surface area contributed by atoms with Gasteiger partial charge >= 0.3 is 0 Å². The maximum atomic E-state index is 3.33. The highest BCUT2D eigenvalue weighted by Crippen LogP contribution is 2.27. The van der Waals surface area contributed by atoms with Crippen molar-refractivity contribution in [3.63, 3.8) is 0 Å². The van der Waals surface area contributed by atoms with Crippen LogP contribution in [0.1, 0.15) is 32.6 Å². The van der Waals surface area contributed by atoms with E-state index in [9.17, 15) is 0 Å². The molecule has 0 bridgehead atoms. The molecule has 1 rings (SSSR count). The van der Waals surface area contributed by atoms with Crippen molar-refractivity contribution >= 4 is 0 Å². The summed E-state index contributed by atoms with van der Waals surface area (Å²) in [5.41, 5.74) is 0. The maximum Gasteiger partial charge on any atom is 0.00668 e. The third kappa shape index (κ3) is 1.68. The minimum absolute atomic E-state index is 0.829. The van der Waals surface area contributed by atoms with Crippen molar-refractivity contribution in [3.8, 4) is 0 Å². The number of nitrogens with one attached hydrogen (secondary N) is 1. The van der Waals surface area contributed by atoms with Gasteiger partial charge in [0.05, 0.1) is 0 Å². The Balaban J connectivity index is 2.20. The first-order chi connectivity index (χ1) is 4.36. The van der Waals surface area contributed by atoms with Gasteiger partial charge < -0.3 is 5.32 Å². The average Bonchev–Trinajstić information content (AvgIpc) is 2.34. The van der Waals surface area contributed by atoms with Crippen LogP contribution in [0.25, 0.3) is 0 Å².